The molecule has 1 aliphatic rings. The van der Waals surface area contributed by atoms with E-state index in [2.05, 4.69) is 4.99 Å². The molecule has 1 atom stereocenters. The van der Waals surface area contributed by atoms with Gasteiger partial charge in [0.15, 0.2) is 16.7 Å². The second-order valence-electron chi connectivity index (χ2n) is 6.90. The van der Waals surface area contributed by atoms with Gasteiger partial charge in [-0.1, -0.05) is 18.5 Å². The molecule has 0 unspecified atom stereocenters. The van der Waals surface area contributed by atoms with Crippen LogP contribution < -0.4 is 9.47 Å². The maximum Gasteiger partial charge on any atom is 0.266 e. The SMILES string of the molecule is CC[C@H](C)Oc1c(Cl)cc(/C=C2/SC(=Nc3ccc(F)cc3)N(CC)C2=O)cc1OC. The number of hydrogen-bond donors (Lipinski definition) is 0. The number of thioether (sulfide) groups is 1. The van der Waals surface area contributed by atoms with Gasteiger partial charge >= 0.3 is 0 Å². The maximum atomic E-state index is 13.2. The van der Waals surface area contributed by atoms with Gasteiger partial charge in [-0.15, -0.1) is 0 Å². The highest BCUT2D eigenvalue weighted by atomic mass is 35.5. The number of rotatable bonds is 7. The van der Waals surface area contributed by atoms with Gasteiger partial charge in [0.1, 0.15) is 5.82 Å². The summed E-state index contributed by atoms with van der Waals surface area (Å²) in [5.74, 6) is 0.504. The van der Waals surface area contributed by atoms with E-state index in [0.717, 1.165) is 6.42 Å². The van der Waals surface area contributed by atoms with E-state index in [4.69, 9.17) is 21.1 Å². The van der Waals surface area contributed by atoms with Crippen molar-refractivity contribution in [3.05, 3.63) is 57.7 Å². The summed E-state index contributed by atoms with van der Waals surface area (Å²) >= 11 is 7.71. The summed E-state index contributed by atoms with van der Waals surface area (Å²) < 4.78 is 24.5. The Bertz CT molecular complexity index is 1020. The van der Waals surface area contributed by atoms with Crippen molar-refractivity contribution in [2.24, 2.45) is 4.99 Å². The zero-order valence-corrected chi connectivity index (χ0v) is 19.4. The minimum atomic E-state index is -0.335. The first-order chi connectivity index (χ1) is 14.9. The first-order valence-electron chi connectivity index (χ1n) is 9.96. The molecule has 3 rings (SSSR count). The van der Waals surface area contributed by atoms with Crippen LogP contribution in [0.3, 0.4) is 0 Å². The molecule has 0 radical (unpaired) electrons. The van der Waals surface area contributed by atoms with E-state index in [1.54, 1.807) is 42.4 Å². The maximum absolute atomic E-state index is 13.2. The van der Waals surface area contributed by atoms with Crippen LogP contribution >= 0.6 is 23.4 Å². The number of ether oxygens (including phenoxy) is 2. The lowest BCUT2D eigenvalue weighted by Crippen LogP contribution is -2.28. The molecule has 0 saturated carbocycles. The van der Waals surface area contributed by atoms with Gasteiger partial charge in [-0.05, 0) is 80.1 Å². The van der Waals surface area contributed by atoms with E-state index in [0.29, 0.717) is 44.4 Å². The van der Waals surface area contributed by atoms with Crippen molar-refractivity contribution in [3.63, 3.8) is 0 Å². The van der Waals surface area contributed by atoms with Crippen LogP contribution in [0.4, 0.5) is 10.1 Å². The van der Waals surface area contributed by atoms with Crippen LogP contribution in [-0.2, 0) is 4.79 Å². The van der Waals surface area contributed by atoms with E-state index < -0.39 is 0 Å². The fraction of sp³-hybridized carbons (Fsp3) is 0.304. The molecule has 8 heteroatoms. The molecule has 1 aliphatic heterocycles. The van der Waals surface area contributed by atoms with Gasteiger partial charge < -0.3 is 9.47 Å². The Morgan fingerprint density at radius 1 is 1.26 bits per heavy atom. The van der Waals surface area contributed by atoms with Crippen LogP contribution in [0.15, 0.2) is 46.3 Å². The number of carbonyl (C=O) groups is 1. The molecule has 1 fully saturated rings. The van der Waals surface area contributed by atoms with Gasteiger partial charge in [0.05, 0.1) is 28.8 Å². The molecule has 0 bridgehead atoms. The number of methoxy groups -OCH3 is 1. The Labute approximate surface area is 190 Å². The van der Waals surface area contributed by atoms with Gasteiger partial charge in [0.25, 0.3) is 5.91 Å². The molecule has 1 amide bonds. The van der Waals surface area contributed by atoms with Crippen molar-refractivity contribution in [2.75, 3.05) is 13.7 Å². The lowest BCUT2D eigenvalue weighted by atomic mass is 10.1. The summed E-state index contributed by atoms with van der Waals surface area (Å²) in [6.07, 6.45) is 2.58. The van der Waals surface area contributed by atoms with E-state index in [9.17, 15) is 9.18 Å². The molecule has 1 saturated heterocycles. The lowest BCUT2D eigenvalue weighted by Gasteiger charge is -2.17. The smallest absolute Gasteiger partial charge is 0.266 e. The molecule has 0 spiro atoms. The number of amidine groups is 1. The standard InChI is InChI=1S/C23H24ClFN2O3S/c1-5-14(3)30-21-18(24)11-15(12-19(21)29-4)13-20-22(28)27(6-2)23(31-20)26-17-9-7-16(25)8-10-17/h7-14H,5-6H2,1-4H3/b20-13+,26-23?/t14-/m0/s1. The fourth-order valence-corrected chi connectivity index (χ4v) is 4.20. The third-order valence-corrected chi connectivity index (χ3v) is 5.99. The zero-order chi connectivity index (χ0) is 22.5. The topological polar surface area (TPSA) is 51.1 Å². The third kappa shape index (κ3) is 5.40. The predicted molar refractivity (Wildman–Crippen MR) is 125 cm³/mol. The number of benzene rings is 2. The van der Waals surface area contributed by atoms with E-state index >= 15 is 0 Å². The summed E-state index contributed by atoms with van der Waals surface area (Å²) in [5, 5.41) is 0.953. The van der Waals surface area contributed by atoms with Crippen molar-refractivity contribution in [3.8, 4) is 11.5 Å². The molecule has 31 heavy (non-hydrogen) atoms. The Morgan fingerprint density at radius 3 is 2.58 bits per heavy atom. The van der Waals surface area contributed by atoms with Crippen molar-refractivity contribution < 1.29 is 18.7 Å². The Hall–Kier alpha value is -2.51. The highest BCUT2D eigenvalue weighted by Gasteiger charge is 2.32. The zero-order valence-electron chi connectivity index (χ0n) is 17.8. The van der Waals surface area contributed by atoms with Crippen molar-refractivity contribution >= 4 is 46.2 Å². The number of carbonyl (C=O) groups excluding carboxylic acids is 1. The number of amides is 1. The lowest BCUT2D eigenvalue weighted by molar-refractivity contribution is -0.122. The molecule has 164 valence electrons. The molecular weight excluding hydrogens is 439 g/mol. The number of aliphatic imine (C=N–C) groups is 1. The van der Waals surface area contributed by atoms with Crippen LogP contribution in [0.25, 0.3) is 6.08 Å². The summed E-state index contributed by atoms with van der Waals surface area (Å²) in [6, 6.07) is 9.35. The molecule has 0 aliphatic carbocycles. The van der Waals surface area contributed by atoms with Gasteiger partial charge in [-0.25, -0.2) is 9.38 Å². The number of hydrogen-bond acceptors (Lipinski definition) is 5. The van der Waals surface area contributed by atoms with Crippen LogP contribution in [0.5, 0.6) is 11.5 Å². The van der Waals surface area contributed by atoms with Gasteiger partial charge in [0, 0.05) is 6.54 Å². The second kappa shape index (κ2) is 10.2. The minimum absolute atomic E-state index is 0.00841. The molecule has 1 heterocycles. The van der Waals surface area contributed by atoms with Crippen LogP contribution in [0.1, 0.15) is 32.8 Å². The van der Waals surface area contributed by atoms with Gasteiger partial charge in [-0.2, -0.15) is 0 Å². The molecule has 2 aromatic rings. The summed E-state index contributed by atoms with van der Waals surface area (Å²) in [5.41, 5.74) is 1.29. The number of likely N-dealkylation sites (N-methyl/N-ethyl adjacent to an activating group) is 1. The monoisotopic (exact) mass is 462 g/mol. The molecular formula is C23H24ClFN2O3S. The van der Waals surface area contributed by atoms with E-state index in [1.165, 1.54) is 23.9 Å². The molecule has 0 aromatic heterocycles. The molecule has 2 aromatic carbocycles. The van der Waals surface area contributed by atoms with E-state index in [-0.39, 0.29) is 17.8 Å². The van der Waals surface area contributed by atoms with Crippen molar-refractivity contribution in [1.29, 1.82) is 0 Å². The van der Waals surface area contributed by atoms with Crippen LogP contribution in [0, 0.1) is 5.82 Å². The number of nitrogens with zero attached hydrogens (tertiary/aromatic N) is 2. The molecule has 5 nitrogen and oxygen atoms in total. The third-order valence-electron chi connectivity index (χ3n) is 4.70. The normalized spacial score (nSPS) is 17.5. The van der Waals surface area contributed by atoms with E-state index in [1.807, 2.05) is 20.8 Å². The first kappa shape index (κ1) is 23.2. The summed E-state index contributed by atoms with van der Waals surface area (Å²) in [4.78, 5) is 19.5. The predicted octanol–water partition coefficient (Wildman–Crippen LogP) is 6.29. The van der Waals surface area contributed by atoms with Gasteiger partial charge in [-0.3, -0.25) is 9.69 Å². The highest BCUT2D eigenvalue weighted by Crippen LogP contribution is 2.40. The Balaban J connectivity index is 1.93. The summed E-state index contributed by atoms with van der Waals surface area (Å²) in [7, 11) is 1.55. The highest BCUT2D eigenvalue weighted by molar-refractivity contribution is 8.18. The quantitative estimate of drug-likeness (QED) is 0.454. The Morgan fingerprint density at radius 2 is 1.97 bits per heavy atom. The van der Waals surface area contributed by atoms with Crippen molar-refractivity contribution in [2.45, 2.75) is 33.3 Å². The van der Waals surface area contributed by atoms with Crippen LogP contribution in [-0.4, -0.2) is 35.7 Å². The number of halogens is 2. The van der Waals surface area contributed by atoms with Gasteiger partial charge in [0.2, 0.25) is 0 Å². The Kier molecular flexibility index (Phi) is 7.62. The average molecular weight is 463 g/mol. The largest absolute Gasteiger partial charge is 0.493 e. The second-order valence-corrected chi connectivity index (χ2v) is 8.32. The molecule has 0 N–H and O–H groups in total. The fourth-order valence-electron chi connectivity index (χ4n) is 2.87. The minimum Gasteiger partial charge on any atom is -0.493 e. The average Bonchev–Trinajstić information content (AvgIpc) is 3.04. The summed E-state index contributed by atoms with van der Waals surface area (Å²) in [6.45, 7) is 6.33. The first-order valence-corrected chi connectivity index (χ1v) is 11.2. The van der Waals surface area contributed by atoms with Crippen molar-refractivity contribution in [1.82, 2.24) is 4.90 Å². The van der Waals surface area contributed by atoms with Crippen LogP contribution in [0.2, 0.25) is 5.02 Å².